The Kier molecular flexibility index (Phi) is 4.90. The fraction of sp³-hybridized carbons (Fsp3) is 0.0952. The molecular weight excluding hydrogens is 380 g/mol. The van der Waals surface area contributed by atoms with Crippen LogP contribution in [0.25, 0.3) is 5.70 Å². The Morgan fingerprint density at radius 1 is 1.15 bits per heavy atom. The van der Waals surface area contributed by atoms with Crippen molar-refractivity contribution in [2.24, 2.45) is 4.99 Å². The maximum absolute atomic E-state index is 6.45. The minimum absolute atomic E-state index is 0.525. The molecule has 1 aliphatic heterocycles. The van der Waals surface area contributed by atoms with E-state index in [-0.39, 0.29) is 0 Å². The predicted molar refractivity (Wildman–Crippen MR) is 114 cm³/mol. The molecule has 0 amide bonds. The molecule has 0 radical (unpaired) electrons. The molecule has 0 spiro atoms. The lowest BCUT2D eigenvalue weighted by atomic mass is 10.1. The van der Waals surface area contributed by atoms with E-state index in [0.717, 1.165) is 38.8 Å². The standard InChI is InChI=1S/C21H17ClN2S2/c1-13-9-16(25-12-13)11-23-14(2)15-7-8-20-18(10-15)24-21(22)17-5-3-4-6-19(17)26-20/h3-10,12,23H,2,11H2,1H3. The number of halogens is 1. The third kappa shape index (κ3) is 3.58. The first-order valence-electron chi connectivity index (χ1n) is 8.23. The van der Waals surface area contributed by atoms with E-state index in [0.29, 0.717) is 5.17 Å². The van der Waals surface area contributed by atoms with Crippen molar-refractivity contribution in [1.29, 1.82) is 0 Å². The van der Waals surface area contributed by atoms with Crippen LogP contribution in [0, 0.1) is 6.92 Å². The van der Waals surface area contributed by atoms with Crippen LogP contribution in [0.1, 0.15) is 21.6 Å². The van der Waals surface area contributed by atoms with Gasteiger partial charge in [0.2, 0.25) is 0 Å². The number of thiophene rings is 1. The van der Waals surface area contributed by atoms with Gasteiger partial charge in [0, 0.05) is 32.5 Å². The minimum atomic E-state index is 0.525. The molecule has 4 rings (SSSR count). The normalized spacial score (nSPS) is 12.6. The number of hydrogen-bond donors (Lipinski definition) is 1. The van der Waals surface area contributed by atoms with Gasteiger partial charge in [0.1, 0.15) is 5.17 Å². The fourth-order valence-electron chi connectivity index (χ4n) is 2.77. The van der Waals surface area contributed by atoms with Crippen LogP contribution in [0.15, 0.2) is 75.3 Å². The summed E-state index contributed by atoms with van der Waals surface area (Å²) in [6.45, 7) is 7.07. The molecule has 0 bridgehead atoms. The van der Waals surface area contributed by atoms with E-state index in [2.05, 4.69) is 53.5 Å². The maximum atomic E-state index is 6.45. The van der Waals surface area contributed by atoms with Gasteiger partial charge in [0.05, 0.1) is 5.69 Å². The van der Waals surface area contributed by atoms with Crippen LogP contribution in [0.2, 0.25) is 0 Å². The monoisotopic (exact) mass is 396 g/mol. The molecule has 0 saturated heterocycles. The lowest BCUT2D eigenvalue weighted by Crippen LogP contribution is -2.09. The Hall–Kier alpha value is -2.01. The Balaban J connectivity index is 1.58. The summed E-state index contributed by atoms with van der Waals surface area (Å²) < 4.78 is 0. The zero-order valence-corrected chi connectivity index (χ0v) is 16.6. The summed E-state index contributed by atoms with van der Waals surface area (Å²) in [5.74, 6) is 0. The molecular formula is C21H17ClN2S2. The summed E-state index contributed by atoms with van der Waals surface area (Å²) in [5.41, 5.74) is 5.06. The largest absolute Gasteiger partial charge is 0.380 e. The molecule has 5 heteroatoms. The summed E-state index contributed by atoms with van der Waals surface area (Å²) in [6, 6.07) is 16.5. The lowest BCUT2D eigenvalue weighted by Gasteiger charge is -2.11. The first kappa shape index (κ1) is 17.4. The van der Waals surface area contributed by atoms with Crippen molar-refractivity contribution in [2.75, 3.05) is 0 Å². The van der Waals surface area contributed by atoms with Crippen LogP contribution in [-0.2, 0) is 6.54 Å². The van der Waals surface area contributed by atoms with Gasteiger partial charge in [0.15, 0.2) is 0 Å². The second-order valence-corrected chi connectivity index (χ2v) is 8.54. The average Bonchev–Trinajstić information content (AvgIpc) is 3.00. The van der Waals surface area contributed by atoms with Gasteiger partial charge in [-0.3, -0.25) is 0 Å². The van der Waals surface area contributed by atoms with Crippen molar-refractivity contribution >= 4 is 51.3 Å². The van der Waals surface area contributed by atoms with E-state index in [9.17, 15) is 0 Å². The molecule has 0 aliphatic carbocycles. The molecule has 26 heavy (non-hydrogen) atoms. The number of rotatable bonds is 4. The van der Waals surface area contributed by atoms with Gasteiger partial charge in [-0.15, -0.1) is 11.3 Å². The number of benzene rings is 2. The second kappa shape index (κ2) is 7.31. The first-order valence-corrected chi connectivity index (χ1v) is 10.3. The van der Waals surface area contributed by atoms with E-state index in [1.165, 1.54) is 10.4 Å². The molecule has 1 aromatic heterocycles. The van der Waals surface area contributed by atoms with Crippen LogP contribution < -0.4 is 5.32 Å². The minimum Gasteiger partial charge on any atom is -0.380 e. The molecule has 1 aliphatic rings. The summed E-state index contributed by atoms with van der Waals surface area (Å²) in [6.07, 6.45) is 0. The summed E-state index contributed by atoms with van der Waals surface area (Å²) in [4.78, 5) is 8.16. The van der Waals surface area contributed by atoms with Crippen LogP contribution in [-0.4, -0.2) is 5.17 Å². The van der Waals surface area contributed by atoms with Gasteiger partial charge in [0.25, 0.3) is 0 Å². The van der Waals surface area contributed by atoms with Gasteiger partial charge in [-0.2, -0.15) is 0 Å². The van der Waals surface area contributed by atoms with E-state index < -0.39 is 0 Å². The molecule has 1 N–H and O–H groups in total. The third-order valence-electron chi connectivity index (χ3n) is 4.12. The molecule has 2 aromatic carbocycles. The Bertz CT molecular complexity index is 1020. The molecule has 2 nitrogen and oxygen atoms in total. The number of hydrogen-bond acceptors (Lipinski definition) is 4. The highest BCUT2D eigenvalue weighted by Crippen LogP contribution is 2.41. The van der Waals surface area contributed by atoms with Gasteiger partial charge in [-0.1, -0.05) is 54.2 Å². The Morgan fingerprint density at radius 2 is 2.00 bits per heavy atom. The van der Waals surface area contributed by atoms with Crippen molar-refractivity contribution in [3.05, 3.63) is 82.1 Å². The second-order valence-electron chi connectivity index (χ2n) is 6.11. The third-order valence-corrected chi connectivity index (χ3v) is 6.60. The van der Waals surface area contributed by atoms with Crippen LogP contribution in [0.4, 0.5) is 5.69 Å². The number of nitrogens with one attached hydrogen (secondary N) is 1. The molecule has 0 fully saturated rings. The fourth-order valence-corrected chi connectivity index (χ4v) is 4.90. The van der Waals surface area contributed by atoms with Crippen LogP contribution in [0.5, 0.6) is 0 Å². The molecule has 0 atom stereocenters. The van der Waals surface area contributed by atoms with Crippen LogP contribution in [0.3, 0.4) is 0 Å². The summed E-state index contributed by atoms with van der Waals surface area (Å²) in [5, 5.41) is 6.09. The Morgan fingerprint density at radius 3 is 2.81 bits per heavy atom. The highest BCUT2D eigenvalue weighted by molar-refractivity contribution is 7.99. The summed E-state index contributed by atoms with van der Waals surface area (Å²) in [7, 11) is 0. The average molecular weight is 397 g/mol. The quantitative estimate of drug-likeness (QED) is 0.537. The zero-order valence-electron chi connectivity index (χ0n) is 14.3. The highest BCUT2D eigenvalue weighted by atomic mass is 35.5. The maximum Gasteiger partial charge on any atom is 0.138 e. The highest BCUT2D eigenvalue weighted by Gasteiger charge is 2.16. The first-order chi connectivity index (χ1) is 12.6. The van der Waals surface area contributed by atoms with Gasteiger partial charge < -0.3 is 5.32 Å². The van der Waals surface area contributed by atoms with Crippen molar-refractivity contribution in [3.63, 3.8) is 0 Å². The number of nitrogens with zero attached hydrogens (tertiary/aromatic N) is 1. The molecule has 2 heterocycles. The lowest BCUT2D eigenvalue weighted by molar-refractivity contribution is 0.908. The number of aryl methyl sites for hydroxylation is 1. The summed E-state index contributed by atoms with van der Waals surface area (Å²) >= 11 is 9.91. The van der Waals surface area contributed by atoms with Crippen LogP contribution >= 0.6 is 34.7 Å². The van der Waals surface area contributed by atoms with Crippen molar-refractivity contribution < 1.29 is 0 Å². The van der Waals surface area contributed by atoms with Crippen molar-refractivity contribution in [1.82, 2.24) is 5.32 Å². The van der Waals surface area contributed by atoms with Crippen molar-refractivity contribution in [3.8, 4) is 0 Å². The van der Waals surface area contributed by atoms with Gasteiger partial charge in [-0.25, -0.2) is 4.99 Å². The predicted octanol–water partition coefficient (Wildman–Crippen LogP) is 6.60. The van der Waals surface area contributed by atoms with Gasteiger partial charge >= 0.3 is 0 Å². The SMILES string of the molecule is C=C(NCc1cc(C)cs1)c1ccc2c(c1)N=C(Cl)c1ccccc1S2. The number of aliphatic imine (C=N–C) groups is 1. The van der Waals surface area contributed by atoms with E-state index in [1.54, 1.807) is 23.1 Å². The molecule has 0 unspecified atom stereocenters. The van der Waals surface area contributed by atoms with E-state index >= 15 is 0 Å². The smallest absolute Gasteiger partial charge is 0.138 e. The van der Waals surface area contributed by atoms with Gasteiger partial charge in [-0.05, 0) is 47.7 Å². The molecule has 130 valence electrons. The molecule has 3 aromatic rings. The topological polar surface area (TPSA) is 24.4 Å². The van der Waals surface area contributed by atoms with Crippen molar-refractivity contribution in [2.45, 2.75) is 23.3 Å². The van der Waals surface area contributed by atoms with E-state index in [1.807, 2.05) is 24.3 Å². The van der Waals surface area contributed by atoms with E-state index in [4.69, 9.17) is 11.6 Å². The molecule has 0 saturated carbocycles. The zero-order chi connectivity index (χ0) is 18.1. The Labute approximate surface area is 166 Å². The number of fused-ring (bicyclic) bond motifs is 2.